The van der Waals surface area contributed by atoms with E-state index in [1.54, 1.807) is 24.8 Å². The second-order valence-electron chi connectivity index (χ2n) is 6.88. The molecule has 0 spiro atoms. The van der Waals surface area contributed by atoms with Crippen molar-refractivity contribution >= 4 is 0 Å². The summed E-state index contributed by atoms with van der Waals surface area (Å²) < 4.78 is 11.3. The first-order valence-corrected chi connectivity index (χ1v) is 10.6. The number of hydrogen-bond acceptors (Lipinski definition) is 6. The van der Waals surface area contributed by atoms with Crippen molar-refractivity contribution in [1.29, 1.82) is 0 Å². The maximum absolute atomic E-state index is 5.66. The highest BCUT2D eigenvalue weighted by Gasteiger charge is 1.97. The molecule has 2 aromatic heterocycles. The zero-order chi connectivity index (χ0) is 19.5. The highest BCUT2D eigenvalue weighted by Crippen LogP contribution is 2.09. The molecule has 0 amide bonds. The maximum Gasteiger partial charge on any atom is 0.130 e. The van der Waals surface area contributed by atoms with E-state index in [9.17, 15) is 0 Å². The molecule has 2 rings (SSSR count). The molecular formula is C22H34N4O2. The van der Waals surface area contributed by atoms with Gasteiger partial charge in [0.2, 0.25) is 0 Å². The van der Waals surface area contributed by atoms with Crippen LogP contribution in [0.25, 0.3) is 0 Å². The van der Waals surface area contributed by atoms with E-state index in [0.29, 0.717) is 13.2 Å². The van der Waals surface area contributed by atoms with Gasteiger partial charge in [0.1, 0.15) is 11.6 Å². The average Bonchev–Trinajstić information content (AvgIpc) is 2.75. The summed E-state index contributed by atoms with van der Waals surface area (Å²) >= 11 is 0. The molecule has 6 nitrogen and oxygen atoms in total. The number of hydrogen-bond donors (Lipinski definition) is 0. The molecule has 0 N–H and O–H groups in total. The van der Waals surface area contributed by atoms with Crippen molar-refractivity contribution in [1.82, 2.24) is 19.9 Å². The van der Waals surface area contributed by atoms with Crippen LogP contribution in [0.2, 0.25) is 0 Å². The van der Waals surface area contributed by atoms with E-state index in [1.807, 2.05) is 12.1 Å². The molecule has 0 saturated carbocycles. The normalized spacial score (nSPS) is 11.0. The van der Waals surface area contributed by atoms with Crippen molar-refractivity contribution in [2.45, 2.75) is 64.2 Å². The van der Waals surface area contributed by atoms with Gasteiger partial charge in [-0.3, -0.25) is 0 Å². The van der Waals surface area contributed by atoms with Gasteiger partial charge in [0, 0.05) is 50.8 Å². The molecular weight excluding hydrogens is 352 g/mol. The summed E-state index contributed by atoms with van der Waals surface area (Å²) in [5.74, 6) is 1.72. The third-order valence-corrected chi connectivity index (χ3v) is 4.51. The van der Waals surface area contributed by atoms with Gasteiger partial charge in [0.15, 0.2) is 0 Å². The monoisotopic (exact) mass is 386 g/mol. The van der Waals surface area contributed by atoms with E-state index in [1.165, 1.54) is 38.5 Å². The predicted octanol–water partition coefficient (Wildman–Crippen LogP) is 4.21. The van der Waals surface area contributed by atoms with Crippen LogP contribution in [0.1, 0.15) is 63.0 Å². The van der Waals surface area contributed by atoms with Crippen molar-refractivity contribution < 1.29 is 9.47 Å². The molecule has 6 heteroatoms. The summed E-state index contributed by atoms with van der Waals surface area (Å²) in [6.45, 7) is 3.12. The Morgan fingerprint density at radius 3 is 1.21 bits per heavy atom. The van der Waals surface area contributed by atoms with E-state index in [2.05, 4.69) is 19.9 Å². The minimum absolute atomic E-state index is 0.713. The third-order valence-electron chi connectivity index (χ3n) is 4.51. The molecule has 2 heterocycles. The molecule has 0 aliphatic heterocycles. The van der Waals surface area contributed by atoms with Crippen LogP contribution in [0, 0.1) is 0 Å². The quantitative estimate of drug-likeness (QED) is 0.379. The summed E-state index contributed by atoms with van der Waals surface area (Å²) in [5.41, 5.74) is 0. The SMILES string of the molecule is c1cnc(CCOCCCCCCCCCCOCCc2ncccn2)nc1. The lowest BCUT2D eigenvalue weighted by atomic mass is 10.1. The first-order chi connectivity index (χ1) is 13.9. The summed E-state index contributed by atoms with van der Waals surface area (Å²) in [5, 5.41) is 0. The van der Waals surface area contributed by atoms with Crippen LogP contribution in [0.5, 0.6) is 0 Å². The summed E-state index contributed by atoms with van der Waals surface area (Å²) in [6, 6.07) is 3.67. The van der Waals surface area contributed by atoms with E-state index >= 15 is 0 Å². The lowest BCUT2D eigenvalue weighted by Crippen LogP contribution is -2.03. The van der Waals surface area contributed by atoms with Gasteiger partial charge in [-0.1, -0.05) is 38.5 Å². The van der Waals surface area contributed by atoms with Gasteiger partial charge in [-0.2, -0.15) is 0 Å². The van der Waals surface area contributed by atoms with Gasteiger partial charge in [-0.25, -0.2) is 19.9 Å². The van der Waals surface area contributed by atoms with Crippen molar-refractivity contribution in [3.05, 3.63) is 48.6 Å². The molecule has 0 atom stereocenters. The molecule has 0 fully saturated rings. The van der Waals surface area contributed by atoms with Gasteiger partial charge >= 0.3 is 0 Å². The largest absolute Gasteiger partial charge is 0.381 e. The Hall–Kier alpha value is -1.92. The number of unbranched alkanes of at least 4 members (excludes halogenated alkanes) is 7. The fourth-order valence-electron chi connectivity index (χ4n) is 2.92. The van der Waals surface area contributed by atoms with Crippen molar-refractivity contribution in [3.8, 4) is 0 Å². The van der Waals surface area contributed by atoms with Gasteiger partial charge in [0.25, 0.3) is 0 Å². The topological polar surface area (TPSA) is 70.0 Å². The minimum atomic E-state index is 0.713. The lowest BCUT2D eigenvalue weighted by molar-refractivity contribution is 0.130. The minimum Gasteiger partial charge on any atom is -0.381 e. The number of aromatic nitrogens is 4. The molecule has 0 unspecified atom stereocenters. The van der Waals surface area contributed by atoms with Crippen molar-refractivity contribution in [3.63, 3.8) is 0 Å². The number of rotatable bonds is 17. The van der Waals surface area contributed by atoms with Crippen LogP contribution in [0.4, 0.5) is 0 Å². The number of nitrogens with zero attached hydrogens (tertiary/aromatic N) is 4. The summed E-state index contributed by atoms with van der Waals surface area (Å²) in [7, 11) is 0. The smallest absolute Gasteiger partial charge is 0.130 e. The first-order valence-electron chi connectivity index (χ1n) is 10.6. The van der Waals surface area contributed by atoms with E-state index in [0.717, 1.165) is 50.5 Å². The Labute approximate surface area is 169 Å². The fourth-order valence-corrected chi connectivity index (χ4v) is 2.92. The maximum atomic E-state index is 5.66. The first kappa shape index (κ1) is 22.4. The van der Waals surface area contributed by atoms with Crippen LogP contribution in [-0.4, -0.2) is 46.4 Å². The Morgan fingerprint density at radius 1 is 0.464 bits per heavy atom. The molecule has 28 heavy (non-hydrogen) atoms. The molecule has 0 saturated heterocycles. The van der Waals surface area contributed by atoms with Crippen LogP contribution < -0.4 is 0 Å². The zero-order valence-electron chi connectivity index (χ0n) is 17.0. The molecule has 0 bridgehead atoms. The van der Waals surface area contributed by atoms with Crippen LogP contribution in [0.15, 0.2) is 36.9 Å². The van der Waals surface area contributed by atoms with Gasteiger partial charge in [-0.05, 0) is 25.0 Å². The Bertz CT molecular complexity index is 530. The van der Waals surface area contributed by atoms with Gasteiger partial charge in [-0.15, -0.1) is 0 Å². The lowest BCUT2D eigenvalue weighted by Gasteiger charge is -2.05. The van der Waals surface area contributed by atoms with Crippen LogP contribution in [0.3, 0.4) is 0 Å². The van der Waals surface area contributed by atoms with Crippen LogP contribution in [-0.2, 0) is 22.3 Å². The average molecular weight is 387 g/mol. The summed E-state index contributed by atoms with van der Waals surface area (Å²) in [4.78, 5) is 16.8. The summed E-state index contributed by atoms with van der Waals surface area (Å²) in [6.07, 6.45) is 18.8. The second kappa shape index (κ2) is 16.1. The molecule has 154 valence electrons. The predicted molar refractivity (Wildman–Crippen MR) is 110 cm³/mol. The van der Waals surface area contributed by atoms with E-state index in [-0.39, 0.29) is 0 Å². The van der Waals surface area contributed by atoms with Gasteiger partial charge in [0.05, 0.1) is 13.2 Å². The molecule has 0 aliphatic carbocycles. The Balaban J connectivity index is 1.25. The van der Waals surface area contributed by atoms with Crippen molar-refractivity contribution in [2.75, 3.05) is 26.4 Å². The molecule has 2 aromatic rings. The molecule has 0 aromatic carbocycles. The van der Waals surface area contributed by atoms with E-state index < -0.39 is 0 Å². The molecule has 0 radical (unpaired) electrons. The standard InChI is InChI=1S/C22H34N4O2/c1(3-5-7-17-27-19-11-21-23-13-9-14-24-21)2-4-6-8-18-28-20-12-22-25-15-10-16-26-22/h9-10,13-16H,1-8,11-12,17-20H2. The highest BCUT2D eigenvalue weighted by molar-refractivity contribution is 4.88. The second-order valence-corrected chi connectivity index (χ2v) is 6.88. The van der Waals surface area contributed by atoms with Crippen molar-refractivity contribution in [2.24, 2.45) is 0 Å². The van der Waals surface area contributed by atoms with E-state index in [4.69, 9.17) is 9.47 Å². The zero-order valence-corrected chi connectivity index (χ0v) is 17.0. The number of ether oxygens (including phenoxy) is 2. The third kappa shape index (κ3) is 11.7. The molecule has 0 aliphatic rings. The van der Waals surface area contributed by atoms with Gasteiger partial charge < -0.3 is 9.47 Å². The highest BCUT2D eigenvalue weighted by atomic mass is 16.5. The fraction of sp³-hybridized carbons (Fsp3) is 0.636. The van der Waals surface area contributed by atoms with Crippen LogP contribution >= 0.6 is 0 Å². The Kier molecular flexibility index (Phi) is 12.8. The Morgan fingerprint density at radius 2 is 0.821 bits per heavy atom.